The van der Waals surface area contributed by atoms with E-state index in [1.54, 1.807) is 12.1 Å². The van der Waals surface area contributed by atoms with Crippen molar-refractivity contribution in [3.63, 3.8) is 0 Å². The third-order valence-electron chi connectivity index (χ3n) is 4.40. The zero-order valence-electron chi connectivity index (χ0n) is 17.6. The second kappa shape index (κ2) is 11.3. The van der Waals surface area contributed by atoms with Gasteiger partial charge in [-0.25, -0.2) is 5.43 Å². The number of carbonyl (C=O) groups is 2. The summed E-state index contributed by atoms with van der Waals surface area (Å²) in [5.41, 5.74) is 4.80. The lowest BCUT2D eigenvalue weighted by atomic mass is 10.2. The van der Waals surface area contributed by atoms with Crippen LogP contribution in [-0.2, 0) is 16.2 Å². The van der Waals surface area contributed by atoms with Crippen molar-refractivity contribution >= 4 is 50.4 Å². The molecule has 0 spiro atoms. The number of halogens is 1. The summed E-state index contributed by atoms with van der Waals surface area (Å²) < 4.78 is 6.79. The molecule has 0 atom stereocenters. The maximum absolute atomic E-state index is 12.1. The van der Waals surface area contributed by atoms with E-state index in [1.807, 2.05) is 66.7 Å². The van der Waals surface area contributed by atoms with Crippen LogP contribution in [0.4, 0.5) is 5.13 Å². The predicted molar refractivity (Wildman–Crippen MR) is 135 cm³/mol. The first-order valence-electron chi connectivity index (χ1n) is 10.1. The van der Waals surface area contributed by atoms with Gasteiger partial charge in [0.25, 0.3) is 0 Å². The molecule has 170 valence electrons. The molecule has 0 saturated carbocycles. The summed E-state index contributed by atoms with van der Waals surface area (Å²) in [5, 5.41) is 15.1. The van der Waals surface area contributed by atoms with Gasteiger partial charge in [-0.05, 0) is 35.4 Å². The first-order valence-corrected chi connectivity index (χ1v) is 11.7. The maximum atomic E-state index is 12.1. The summed E-state index contributed by atoms with van der Waals surface area (Å²) in [6.45, 7) is 0.411. The number of nitrogens with zero attached hydrogens (tertiary/aromatic N) is 3. The van der Waals surface area contributed by atoms with Crippen molar-refractivity contribution in [3.8, 4) is 16.3 Å². The lowest BCUT2D eigenvalue weighted by molar-refractivity contribution is -0.136. The average molecular weight is 536 g/mol. The fraction of sp³-hybridized carbons (Fsp3) is 0.0417. The Bertz CT molecular complexity index is 1330. The monoisotopic (exact) mass is 535 g/mol. The van der Waals surface area contributed by atoms with Crippen molar-refractivity contribution in [1.29, 1.82) is 0 Å². The van der Waals surface area contributed by atoms with Gasteiger partial charge in [-0.3, -0.25) is 14.9 Å². The number of benzene rings is 3. The SMILES string of the molecule is O=C(NN=Cc1cccc(OCc2cccc(Br)c2)c1)C(=O)Nc1nnc(-c2ccccc2)s1. The third kappa shape index (κ3) is 6.56. The summed E-state index contributed by atoms with van der Waals surface area (Å²) in [4.78, 5) is 24.2. The molecule has 0 bridgehead atoms. The molecule has 0 fully saturated rings. The smallest absolute Gasteiger partial charge is 0.329 e. The number of ether oxygens (including phenoxy) is 1. The Morgan fingerprint density at radius 3 is 2.62 bits per heavy atom. The Hall–Kier alpha value is -3.89. The Labute approximate surface area is 207 Å². The second-order valence-corrected chi connectivity index (χ2v) is 8.82. The van der Waals surface area contributed by atoms with Crippen LogP contribution < -0.4 is 15.5 Å². The van der Waals surface area contributed by atoms with E-state index in [0.29, 0.717) is 22.9 Å². The zero-order chi connectivity index (χ0) is 23.8. The third-order valence-corrected chi connectivity index (χ3v) is 5.79. The van der Waals surface area contributed by atoms with Crippen molar-refractivity contribution in [3.05, 3.63) is 94.5 Å². The van der Waals surface area contributed by atoms with E-state index in [1.165, 1.54) is 17.6 Å². The van der Waals surface area contributed by atoms with Gasteiger partial charge in [0.1, 0.15) is 17.4 Å². The fourth-order valence-electron chi connectivity index (χ4n) is 2.82. The molecule has 4 aromatic rings. The number of hydrogen-bond acceptors (Lipinski definition) is 7. The Morgan fingerprint density at radius 1 is 0.971 bits per heavy atom. The van der Waals surface area contributed by atoms with Crippen molar-refractivity contribution in [2.75, 3.05) is 5.32 Å². The minimum atomic E-state index is -0.922. The van der Waals surface area contributed by atoms with E-state index in [-0.39, 0.29) is 5.13 Å². The second-order valence-electron chi connectivity index (χ2n) is 6.92. The molecule has 0 aliphatic heterocycles. The van der Waals surface area contributed by atoms with Gasteiger partial charge in [0.2, 0.25) is 5.13 Å². The van der Waals surface area contributed by atoms with Gasteiger partial charge in [0.05, 0.1) is 6.21 Å². The van der Waals surface area contributed by atoms with E-state index in [0.717, 1.165) is 15.6 Å². The summed E-state index contributed by atoms with van der Waals surface area (Å²) in [7, 11) is 0. The van der Waals surface area contributed by atoms with Crippen LogP contribution in [0.25, 0.3) is 10.6 Å². The molecule has 0 aliphatic rings. The highest BCUT2D eigenvalue weighted by molar-refractivity contribution is 9.10. The topological polar surface area (TPSA) is 106 Å². The largest absolute Gasteiger partial charge is 0.489 e. The number of anilines is 1. The van der Waals surface area contributed by atoms with Crippen molar-refractivity contribution in [2.24, 2.45) is 5.10 Å². The number of nitrogens with one attached hydrogen (secondary N) is 2. The van der Waals surface area contributed by atoms with E-state index >= 15 is 0 Å². The number of carbonyl (C=O) groups excluding carboxylic acids is 2. The van der Waals surface area contributed by atoms with Gasteiger partial charge >= 0.3 is 11.8 Å². The summed E-state index contributed by atoms with van der Waals surface area (Å²) in [6, 6.07) is 24.5. The minimum Gasteiger partial charge on any atom is -0.489 e. The molecule has 1 heterocycles. The number of amides is 2. The van der Waals surface area contributed by atoms with Crippen LogP contribution in [0.15, 0.2) is 88.4 Å². The number of hydrazone groups is 1. The van der Waals surface area contributed by atoms with Crippen LogP contribution >= 0.6 is 27.3 Å². The number of rotatable bonds is 7. The van der Waals surface area contributed by atoms with Crippen molar-refractivity contribution in [1.82, 2.24) is 15.6 Å². The predicted octanol–water partition coefficient (Wildman–Crippen LogP) is 4.64. The standard InChI is InChI=1S/C24H18BrN5O3S/c25-19-10-4-7-17(12-19)15-33-20-11-5-6-16(13-20)14-26-28-22(32)21(31)27-24-30-29-23(34-24)18-8-2-1-3-9-18/h1-14H,15H2,(H,28,32)(H,27,30,31). The van der Waals surface area contributed by atoms with Crippen LogP contribution in [0, 0.1) is 0 Å². The number of aromatic nitrogens is 2. The van der Waals surface area contributed by atoms with Crippen molar-refractivity contribution < 1.29 is 14.3 Å². The fourth-order valence-corrected chi connectivity index (χ4v) is 4.01. The van der Waals surface area contributed by atoms with Gasteiger partial charge in [0.15, 0.2) is 0 Å². The minimum absolute atomic E-state index is 0.221. The Kier molecular flexibility index (Phi) is 7.74. The Morgan fingerprint density at radius 2 is 1.79 bits per heavy atom. The van der Waals surface area contributed by atoms with E-state index < -0.39 is 11.8 Å². The van der Waals surface area contributed by atoms with Crippen LogP contribution in [0.1, 0.15) is 11.1 Å². The lowest BCUT2D eigenvalue weighted by Gasteiger charge is -2.07. The number of hydrogen-bond donors (Lipinski definition) is 2. The van der Waals surface area contributed by atoms with Crippen LogP contribution in [0.2, 0.25) is 0 Å². The molecule has 34 heavy (non-hydrogen) atoms. The van der Waals surface area contributed by atoms with Crippen molar-refractivity contribution in [2.45, 2.75) is 6.61 Å². The molecule has 2 N–H and O–H groups in total. The van der Waals surface area contributed by atoms with Gasteiger partial charge in [-0.1, -0.05) is 81.9 Å². The van der Waals surface area contributed by atoms with Gasteiger partial charge in [0, 0.05) is 10.0 Å². The first-order chi connectivity index (χ1) is 16.6. The first kappa shape index (κ1) is 23.3. The molecular formula is C24H18BrN5O3S. The highest BCUT2D eigenvalue weighted by Crippen LogP contribution is 2.25. The lowest BCUT2D eigenvalue weighted by Crippen LogP contribution is -2.32. The highest BCUT2D eigenvalue weighted by atomic mass is 79.9. The molecule has 3 aromatic carbocycles. The average Bonchev–Trinajstić information content (AvgIpc) is 3.32. The molecule has 0 saturated heterocycles. The van der Waals surface area contributed by atoms with Gasteiger partial charge in [-0.15, -0.1) is 10.2 Å². The highest BCUT2D eigenvalue weighted by Gasteiger charge is 2.16. The molecule has 8 nitrogen and oxygen atoms in total. The van der Waals surface area contributed by atoms with E-state index in [4.69, 9.17) is 4.74 Å². The van der Waals surface area contributed by atoms with Crippen LogP contribution in [0.3, 0.4) is 0 Å². The summed E-state index contributed by atoms with van der Waals surface area (Å²) in [6.07, 6.45) is 1.43. The molecule has 0 radical (unpaired) electrons. The molecule has 0 aliphatic carbocycles. The maximum Gasteiger partial charge on any atom is 0.329 e. The molecule has 1 aromatic heterocycles. The molecule has 0 unspecified atom stereocenters. The van der Waals surface area contributed by atoms with E-state index in [9.17, 15) is 9.59 Å². The molecule has 2 amide bonds. The summed E-state index contributed by atoms with van der Waals surface area (Å²) >= 11 is 4.61. The van der Waals surface area contributed by atoms with Crippen LogP contribution in [-0.4, -0.2) is 28.2 Å². The Balaban J connectivity index is 1.28. The van der Waals surface area contributed by atoms with E-state index in [2.05, 4.69) is 42.0 Å². The quantitative estimate of drug-likeness (QED) is 0.204. The normalized spacial score (nSPS) is 10.7. The molecule has 4 rings (SSSR count). The van der Waals surface area contributed by atoms with Gasteiger partial charge < -0.3 is 4.74 Å². The van der Waals surface area contributed by atoms with Crippen LogP contribution in [0.5, 0.6) is 5.75 Å². The zero-order valence-corrected chi connectivity index (χ0v) is 20.0. The van der Waals surface area contributed by atoms with Gasteiger partial charge in [-0.2, -0.15) is 5.10 Å². The molecular weight excluding hydrogens is 518 g/mol. The molecule has 10 heteroatoms. The summed E-state index contributed by atoms with van der Waals surface area (Å²) in [5.74, 6) is -1.16.